The Morgan fingerprint density at radius 3 is 1.67 bits per heavy atom. The quantitative estimate of drug-likeness (QED) is 0.722. The molecule has 0 aromatic heterocycles. The maximum absolute atomic E-state index is 3.41. The first-order valence-electron chi connectivity index (χ1n) is 5.70. The van der Waals surface area contributed by atoms with Gasteiger partial charge in [-0.15, -0.1) is 0 Å². The van der Waals surface area contributed by atoms with Crippen LogP contribution in [0.1, 0.15) is 11.1 Å². The van der Waals surface area contributed by atoms with Crippen molar-refractivity contribution in [1.29, 1.82) is 0 Å². The number of nitrogens with zero attached hydrogens (tertiary/aromatic N) is 1. The fourth-order valence-corrected chi connectivity index (χ4v) is 1.78. The Hall–Kier alpha value is -1.72. The molecule has 2 rings (SSSR count). The van der Waals surface area contributed by atoms with Crippen LogP contribution >= 0.6 is 15.9 Å². The molecule has 0 heterocycles. The first-order chi connectivity index (χ1) is 8.65. The molecule has 0 unspecified atom stereocenters. The zero-order valence-electron chi connectivity index (χ0n) is 10.4. The van der Waals surface area contributed by atoms with E-state index in [9.17, 15) is 0 Å². The topological polar surface area (TPSA) is 3.24 Å². The Bertz CT molecular complexity index is 571. The van der Waals surface area contributed by atoms with Crippen molar-refractivity contribution >= 4 is 21.6 Å². The van der Waals surface area contributed by atoms with Gasteiger partial charge < -0.3 is 4.90 Å². The summed E-state index contributed by atoms with van der Waals surface area (Å²) in [5.41, 5.74) is 3.24. The third-order valence-electron chi connectivity index (χ3n) is 2.58. The van der Waals surface area contributed by atoms with Gasteiger partial charge in [-0.05, 0) is 48.5 Å². The Kier molecular flexibility index (Phi) is 4.07. The predicted octanol–water partition coefficient (Wildman–Crippen LogP) is 3.91. The Labute approximate surface area is 117 Å². The summed E-state index contributed by atoms with van der Waals surface area (Å²) in [6.45, 7) is 0. The summed E-state index contributed by atoms with van der Waals surface area (Å²) < 4.78 is 1.07. The molecule has 0 aliphatic heterocycles. The van der Waals surface area contributed by atoms with E-state index in [0.717, 1.165) is 15.6 Å². The Balaban J connectivity index is 2.17. The summed E-state index contributed by atoms with van der Waals surface area (Å²) in [5.74, 6) is 6.32. The number of anilines is 1. The summed E-state index contributed by atoms with van der Waals surface area (Å²) >= 11 is 3.41. The van der Waals surface area contributed by atoms with Crippen LogP contribution in [0, 0.1) is 11.8 Å². The lowest BCUT2D eigenvalue weighted by Gasteiger charge is -2.11. The summed E-state index contributed by atoms with van der Waals surface area (Å²) in [5, 5.41) is 0. The van der Waals surface area contributed by atoms with E-state index in [2.05, 4.69) is 44.8 Å². The number of benzene rings is 2. The molecular formula is C16H14BrN. The molecule has 0 spiro atoms. The second-order valence-corrected chi connectivity index (χ2v) is 5.11. The van der Waals surface area contributed by atoms with Crippen molar-refractivity contribution in [2.45, 2.75) is 0 Å². The molecule has 18 heavy (non-hydrogen) atoms. The van der Waals surface area contributed by atoms with Gasteiger partial charge in [0.2, 0.25) is 0 Å². The molecule has 2 aromatic rings. The van der Waals surface area contributed by atoms with Crippen LogP contribution in [0.2, 0.25) is 0 Å². The molecule has 0 amide bonds. The highest BCUT2D eigenvalue weighted by Crippen LogP contribution is 2.12. The molecule has 0 aliphatic carbocycles. The largest absolute Gasteiger partial charge is 0.378 e. The van der Waals surface area contributed by atoms with Crippen molar-refractivity contribution in [2.24, 2.45) is 0 Å². The van der Waals surface area contributed by atoms with E-state index >= 15 is 0 Å². The maximum atomic E-state index is 3.41. The van der Waals surface area contributed by atoms with Crippen LogP contribution in [0.5, 0.6) is 0 Å². The van der Waals surface area contributed by atoms with Crippen molar-refractivity contribution in [3.63, 3.8) is 0 Å². The van der Waals surface area contributed by atoms with Gasteiger partial charge >= 0.3 is 0 Å². The third-order valence-corrected chi connectivity index (χ3v) is 3.11. The van der Waals surface area contributed by atoms with Crippen molar-refractivity contribution < 1.29 is 0 Å². The van der Waals surface area contributed by atoms with Crippen LogP contribution in [0.4, 0.5) is 5.69 Å². The molecule has 0 N–H and O–H groups in total. The van der Waals surface area contributed by atoms with Crippen molar-refractivity contribution in [2.75, 3.05) is 19.0 Å². The lowest BCUT2D eigenvalue weighted by molar-refractivity contribution is 1.13. The van der Waals surface area contributed by atoms with E-state index in [0.29, 0.717) is 0 Å². The average Bonchev–Trinajstić information content (AvgIpc) is 2.38. The monoisotopic (exact) mass is 299 g/mol. The molecule has 1 nitrogen and oxygen atoms in total. The minimum Gasteiger partial charge on any atom is -0.378 e. The second kappa shape index (κ2) is 5.75. The highest BCUT2D eigenvalue weighted by atomic mass is 79.9. The van der Waals surface area contributed by atoms with Gasteiger partial charge in [0.1, 0.15) is 0 Å². The van der Waals surface area contributed by atoms with Gasteiger partial charge in [0.15, 0.2) is 0 Å². The molecule has 0 radical (unpaired) electrons. The van der Waals surface area contributed by atoms with Crippen molar-refractivity contribution in [1.82, 2.24) is 0 Å². The van der Waals surface area contributed by atoms with Crippen LogP contribution in [-0.4, -0.2) is 14.1 Å². The van der Waals surface area contributed by atoms with E-state index in [1.807, 2.05) is 50.5 Å². The van der Waals surface area contributed by atoms with Crippen LogP contribution in [0.3, 0.4) is 0 Å². The van der Waals surface area contributed by atoms with Gasteiger partial charge in [-0.1, -0.05) is 27.8 Å². The van der Waals surface area contributed by atoms with Crippen LogP contribution in [0.15, 0.2) is 53.0 Å². The zero-order valence-corrected chi connectivity index (χ0v) is 12.0. The van der Waals surface area contributed by atoms with Crippen molar-refractivity contribution in [3.05, 3.63) is 64.1 Å². The number of rotatable bonds is 1. The molecule has 90 valence electrons. The molecule has 0 fully saturated rings. The minimum atomic E-state index is 1.02. The van der Waals surface area contributed by atoms with Crippen LogP contribution in [-0.2, 0) is 0 Å². The Morgan fingerprint density at radius 1 is 0.778 bits per heavy atom. The van der Waals surface area contributed by atoms with Crippen LogP contribution < -0.4 is 4.90 Å². The molecular weight excluding hydrogens is 286 g/mol. The number of hydrogen-bond donors (Lipinski definition) is 0. The highest BCUT2D eigenvalue weighted by molar-refractivity contribution is 9.10. The summed E-state index contributed by atoms with van der Waals surface area (Å²) in [4.78, 5) is 2.08. The van der Waals surface area contributed by atoms with Gasteiger partial charge in [-0.25, -0.2) is 0 Å². The fraction of sp³-hybridized carbons (Fsp3) is 0.125. The smallest absolute Gasteiger partial charge is 0.0361 e. The molecule has 0 aliphatic rings. The van der Waals surface area contributed by atoms with E-state index < -0.39 is 0 Å². The molecule has 2 heteroatoms. The zero-order chi connectivity index (χ0) is 13.0. The first kappa shape index (κ1) is 12.7. The average molecular weight is 300 g/mol. The van der Waals surface area contributed by atoms with E-state index in [-0.39, 0.29) is 0 Å². The highest BCUT2D eigenvalue weighted by Gasteiger charge is 1.93. The van der Waals surface area contributed by atoms with E-state index in [1.165, 1.54) is 5.69 Å². The van der Waals surface area contributed by atoms with E-state index in [1.54, 1.807) is 0 Å². The molecule has 0 atom stereocenters. The first-order valence-corrected chi connectivity index (χ1v) is 6.49. The SMILES string of the molecule is CN(C)c1ccc(C#Cc2ccc(Br)cc2)cc1. The molecule has 0 saturated heterocycles. The van der Waals surface area contributed by atoms with Gasteiger partial charge in [0, 0.05) is 35.4 Å². The fourth-order valence-electron chi connectivity index (χ4n) is 1.52. The third kappa shape index (κ3) is 3.38. The predicted molar refractivity (Wildman–Crippen MR) is 80.9 cm³/mol. The second-order valence-electron chi connectivity index (χ2n) is 4.20. The molecule has 0 saturated carbocycles. The number of halogens is 1. The summed E-state index contributed by atoms with van der Waals surface area (Å²) in [7, 11) is 4.06. The van der Waals surface area contributed by atoms with Gasteiger partial charge in [0.25, 0.3) is 0 Å². The Morgan fingerprint density at radius 2 is 1.22 bits per heavy atom. The maximum Gasteiger partial charge on any atom is 0.0361 e. The summed E-state index contributed by atoms with van der Waals surface area (Å²) in [6.07, 6.45) is 0. The lowest BCUT2D eigenvalue weighted by atomic mass is 10.1. The molecule has 0 bridgehead atoms. The van der Waals surface area contributed by atoms with E-state index in [4.69, 9.17) is 0 Å². The standard InChI is InChI=1S/C16H14BrN/c1-18(2)16-11-7-14(8-12-16)4-3-13-5-9-15(17)10-6-13/h5-12H,1-2H3. The normalized spacial score (nSPS) is 9.50. The number of hydrogen-bond acceptors (Lipinski definition) is 1. The minimum absolute atomic E-state index is 1.02. The lowest BCUT2D eigenvalue weighted by Crippen LogP contribution is -2.07. The van der Waals surface area contributed by atoms with Gasteiger partial charge in [0.05, 0.1) is 0 Å². The van der Waals surface area contributed by atoms with Crippen LogP contribution in [0.25, 0.3) is 0 Å². The van der Waals surface area contributed by atoms with Crippen molar-refractivity contribution in [3.8, 4) is 11.8 Å². The summed E-state index contributed by atoms with van der Waals surface area (Å²) in [6, 6.07) is 16.2. The van der Waals surface area contributed by atoms with Gasteiger partial charge in [-0.2, -0.15) is 0 Å². The van der Waals surface area contributed by atoms with Gasteiger partial charge in [-0.3, -0.25) is 0 Å². The molecule has 2 aromatic carbocycles.